The summed E-state index contributed by atoms with van der Waals surface area (Å²) < 4.78 is 5.46. The molecule has 0 unspecified atom stereocenters. The molecule has 0 fully saturated rings. The molecular weight excluding hydrogens is 1020 g/mol. The lowest BCUT2D eigenvalue weighted by atomic mass is 9.82. The molecule has 0 radical (unpaired) electrons. The number of hydrogen-bond acceptors (Lipinski definition) is 5. The van der Waals surface area contributed by atoms with Gasteiger partial charge >= 0.3 is 18.1 Å². The van der Waals surface area contributed by atoms with Crippen LogP contribution in [0.3, 0.4) is 0 Å². The number of benzene rings is 6. The third-order valence-corrected chi connectivity index (χ3v) is 17.1. The maximum atomic E-state index is 15.6. The van der Waals surface area contributed by atoms with Crippen molar-refractivity contribution in [1.29, 1.82) is 0 Å². The molecule has 0 heterocycles. The molecule has 0 spiro atoms. The first-order valence-electron chi connectivity index (χ1n) is 30.8. The molecule has 0 atom stereocenters. The Balaban J connectivity index is 1.10. The van der Waals surface area contributed by atoms with Gasteiger partial charge in [0.25, 0.3) is 0 Å². The van der Waals surface area contributed by atoms with Gasteiger partial charge in [-0.1, -0.05) is 144 Å². The lowest BCUT2D eigenvalue weighted by molar-refractivity contribution is 0.250. The highest BCUT2D eigenvalue weighted by Gasteiger charge is 2.40. The third-order valence-electron chi connectivity index (χ3n) is 17.1. The molecule has 0 aromatic heterocycles. The fourth-order valence-electron chi connectivity index (χ4n) is 12.0. The van der Waals surface area contributed by atoms with Gasteiger partial charge in [-0.2, -0.15) is 0 Å². The first kappa shape index (κ1) is 61.0. The molecule has 6 amide bonds. The number of rotatable bonds is 26. The third kappa shape index (κ3) is 12.6. The maximum Gasteiger partial charge on any atom is 0.328 e. The molecular formula is C71H92N6O5. The van der Waals surface area contributed by atoms with Crippen molar-refractivity contribution in [2.45, 2.75) is 164 Å². The van der Waals surface area contributed by atoms with E-state index in [2.05, 4.69) is 142 Å². The maximum absolute atomic E-state index is 15.6. The van der Waals surface area contributed by atoms with Crippen molar-refractivity contribution in [3.05, 3.63) is 149 Å². The van der Waals surface area contributed by atoms with Gasteiger partial charge in [0.2, 0.25) is 0 Å². The van der Waals surface area contributed by atoms with E-state index in [4.69, 9.17) is 4.74 Å². The van der Waals surface area contributed by atoms with Gasteiger partial charge < -0.3 is 9.84 Å². The van der Waals surface area contributed by atoms with E-state index in [9.17, 15) is 14.7 Å². The second-order valence-electron chi connectivity index (χ2n) is 23.6. The molecule has 0 saturated carbocycles. The summed E-state index contributed by atoms with van der Waals surface area (Å²) in [4.78, 5) is 57.1. The summed E-state index contributed by atoms with van der Waals surface area (Å²) >= 11 is 0. The fraction of sp³-hybridized carbons (Fsp3) is 0.451. The van der Waals surface area contributed by atoms with Gasteiger partial charge in [-0.25, -0.2) is 14.4 Å². The van der Waals surface area contributed by atoms with E-state index in [1.165, 1.54) is 5.56 Å². The number of carbonyl (C=O) groups is 3. The van der Waals surface area contributed by atoms with Crippen molar-refractivity contribution < 1.29 is 24.2 Å². The van der Waals surface area contributed by atoms with Crippen molar-refractivity contribution in [2.75, 3.05) is 75.8 Å². The number of hydrogen-bond donors (Lipinski definition) is 1. The monoisotopic (exact) mass is 1110 g/mol. The highest BCUT2D eigenvalue weighted by molar-refractivity contribution is 6.07. The molecule has 2 aliphatic rings. The average molecular weight is 1110 g/mol. The van der Waals surface area contributed by atoms with E-state index < -0.39 is 10.8 Å². The van der Waals surface area contributed by atoms with Gasteiger partial charge in [0.1, 0.15) is 5.75 Å². The number of fused-ring (bicyclic) bond motifs is 6. The van der Waals surface area contributed by atoms with Crippen LogP contribution >= 0.6 is 0 Å². The molecule has 436 valence electrons. The SMILES string of the molecule is CCCCN(C(=O)N(CCCC)c1ccc2c(c1)C(C)(C)c1cc(N(CCCC)C(=O)N(CCCC)c3ccc4c(c3)C(C)(C)c3cc(N(CCCC)C(=O)N(CCCC)c5ccc(OC)cc5)ccc3-4)ccc1-2)c1ccc(CO)cc1. The Morgan fingerprint density at radius 1 is 0.366 bits per heavy atom. The van der Waals surface area contributed by atoms with Crippen molar-refractivity contribution in [3.8, 4) is 28.0 Å². The first-order chi connectivity index (χ1) is 39.6. The van der Waals surface area contributed by atoms with Gasteiger partial charge in [0.05, 0.1) is 13.7 Å². The van der Waals surface area contributed by atoms with Crippen LogP contribution in [0.5, 0.6) is 5.75 Å². The predicted molar refractivity (Wildman–Crippen MR) is 343 cm³/mol. The van der Waals surface area contributed by atoms with E-state index >= 15 is 4.79 Å². The standard InChI is InChI=1S/C71H92N6O5/c1-12-18-40-72(52-26-24-51(50-78)25-27-52)67(79)74(42-20-14-3)54-30-36-59-61-38-32-56(48-65(61)70(7,8)63(59)46-54)76(44-22-16-5)69(81)77(45-23-17-6)57-33-39-62-60-37-31-55(47-64(60)71(9,10)66(62)49-57)75(43-21-15-4)68(80)73(41-19-13-2)53-28-34-58(82-11)35-29-53/h24-39,46-49,78H,12-23,40-45,50H2,1-11H3. The normalized spacial score (nSPS) is 13.2. The van der Waals surface area contributed by atoms with Gasteiger partial charge in [-0.3, -0.25) is 29.4 Å². The lowest BCUT2D eigenvalue weighted by Crippen LogP contribution is -2.45. The number of aliphatic hydroxyl groups is 1. The summed E-state index contributed by atoms with van der Waals surface area (Å²) in [6, 6.07) is 41.6. The van der Waals surface area contributed by atoms with Crippen molar-refractivity contribution >= 4 is 52.2 Å². The molecule has 11 nitrogen and oxygen atoms in total. The number of anilines is 6. The zero-order valence-electron chi connectivity index (χ0n) is 51.2. The van der Waals surface area contributed by atoms with Gasteiger partial charge in [-0.05, 0) is 174 Å². The zero-order valence-corrected chi connectivity index (χ0v) is 51.2. The van der Waals surface area contributed by atoms with Crippen LogP contribution in [0.2, 0.25) is 0 Å². The Morgan fingerprint density at radius 2 is 0.598 bits per heavy atom. The second kappa shape index (κ2) is 27.3. The van der Waals surface area contributed by atoms with Crippen LogP contribution in [0.25, 0.3) is 22.3 Å². The van der Waals surface area contributed by atoms with E-state index in [-0.39, 0.29) is 24.7 Å². The van der Waals surface area contributed by atoms with Crippen LogP contribution in [-0.2, 0) is 17.4 Å². The molecule has 1 N–H and O–H groups in total. The Bertz CT molecular complexity index is 2940. The molecule has 0 saturated heterocycles. The van der Waals surface area contributed by atoms with Crippen LogP contribution in [0, 0.1) is 0 Å². The molecule has 6 aromatic rings. The Morgan fingerprint density at radius 3 is 0.829 bits per heavy atom. The van der Waals surface area contributed by atoms with Crippen molar-refractivity contribution in [1.82, 2.24) is 0 Å². The number of amides is 6. The molecule has 6 aromatic carbocycles. The minimum absolute atomic E-state index is 0.0305. The van der Waals surface area contributed by atoms with Crippen LogP contribution in [0.4, 0.5) is 48.5 Å². The highest BCUT2D eigenvalue weighted by Crippen LogP contribution is 2.53. The molecule has 0 bridgehead atoms. The summed E-state index contributed by atoms with van der Waals surface area (Å²) in [6.07, 6.45) is 10.9. The number of ether oxygens (including phenoxy) is 1. The molecule has 2 aliphatic carbocycles. The van der Waals surface area contributed by atoms with Crippen molar-refractivity contribution in [3.63, 3.8) is 0 Å². The molecule has 8 rings (SSSR count). The fourth-order valence-corrected chi connectivity index (χ4v) is 12.0. The van der Waals surface area contributed by atoms with Crippen molar-refractivity contribution in [2.24, 2.45) is 0 Å². The second-order valence-corrected chi connectivity index (χ2v) is 23.6. The highest BCUT2D eigenvalue weighted by atomic mass is 16.5. The number of unbranched alkanes of at least 4 members (excludes halogenated alkanes) is 6. The number of nitrogens with zero attached hydrogens (tertiary/aromatic N) is 6. The Kier molecular flexibility index (Phi) is 20.3. The summed E-state index contributed by atoms with van der Waals surface area (Å²) in [5, 5.41) is 9.77. The largest absolute Gasteiger partial charge is 0.497 e. The molecule has 11 heteroatoms. The Labute approximate surface area is 490 Å². The van der Waals surface area contributed by atoms with E-state index in [1.54, 1.807) is 7.11 Å². The summed E-state index contributed by atoms with van der Waals surface area (Å²) in [6.45, 7) is 25.6. The topological polar surface area (TPSA) is 100 Å². The van der Waals surface area contributed by atoms with Gasteiger partial charge in [0.15, 0.2) is 0 Å². The van der Waals surface area contributed by atoms with Gasteiger partial charge in [0, 0.05) is 84.2 Å². The van der Waals surface area contributed by atoms with Crippen LogP contribution in [0.1, 0.15) is 174 Å². The summed E-state index contributed by atoms with van der Waals surface area (Å²) in [5.74, 6) is 0.756. The number of methoxy groups -OCH3 is 1. The number of urea groups is 3. The summed E-state index contributed by atoms with van der Waals surface area (Å²) in [5.41, 5.74) is 14.4. The minimum Gasteiger partial charge on any atom is -0.497 e. The van der Waals surface area contributed by atoms with E-state index in [1.807, 2.05) is 77.9 Å². The van der Waals surface area contributed by atoms with E-state index in [0.717, 1.165) is 161 Å². The minimum atomic E-state index is -0.425. The lowest BCUT2D eigenvalue weighted by Gasteiger charge is -2.33. The smallest absolute Gasteiger partial charge is 0.328 e. The number of aliphatic hydroxyl groups excluding tert-OH is 1. The average Bonchev–Trinajstić information content (AvgIpc) is 2.25. The summed E-state index contributed by atoms with van der Waals surface area (Å²) in [7, 11) is 1.66. The zero-order chi connectivity index (χ0) is 58.7. The predicted octanol–water partition coefficient (Wildman–Crippen LogP) is 17.9. The first-order valence-corrected chi connectivity index (χ1v) is 30.8. The van der Waals surface area contributed by atoms with E-state index in [0.29, 0.717) is 39.3 Å². The molecule has 0 aliphatic heterocycles. The van der Waals surface area contributed by atoms with Crippen LogP contribution < -0.4 is 34.1 Å². The Hall–Kier alpha value is -7.11. The van der Waals surface area contributed by atoms with Gasteiger partial charge in [-0.15, -0.1) is 0 Å². The molecule has 82 heavy (non-hydrogen) atoms. The van der Waals surface area contributed by atoms with Crippen LogP contribution in [0.15, 0.2) is 121 Å². The van der Waals surface area contributed by atoms with Crippen LogP contribution in [-0.4, -0.2) is 69.6 Å². The number of carbonyl (C=O) groups excluding carboxylic acids is 3. The quantitative estimate of drug-likeness (QED) is 0.0583.